The van der Waals surface area contributed by atoms with Crippen molar-refractivity contribution in [3.63, 3.8) is 0 Å². The predicted octanol–water partition coefficient (Wildman–Crippen LogP) is 6.42. The lowest BCUT2D eigenvalue weighted by atomic mass is 9.45. The summed E-state index contributed by atoms with van der Waals surface area (Å²) in [5.74, 6) is 3.01. The van der Waals surface area contributed by atoms with Crippen LogP contribution in [0.25, 0.3) is 6.08 Å². The molecule has 0 aromatic heterocycles. The van der Waals surface area contributed by atoms with Gasteiger partial charge in [-0.05, 0) is 109 Å². The van der Waals surface area contributed by atoms with Crippen molar-refractivity contribution in [2.24, 2.45) is 34.5 Å². The summed E-state index contributed by atoms with van der Waals surface area (Å²) in [6.07, 6.45) is 10.7. The van der Waals surface area contributed by atoms with Crippen LogP contribution >= 0.6 is 15.9 Å². The number of fused-ring (bicyclic) bond motifs is 5. The molecule has 156 valence electrons. The lowest BCUT2D eigenvalue weighted by molar-refractivity contribution is -0.134. The normalized spacial score (nSPS) is 45.6. The number of aliphatic hydroxyl groups is 1. The molecule has 0 bridgehead atoms. The Bertz CT molecular complexity index is 843. The van der Waals surface area contributed by atoms with Crippen LogP contribution in [0, 0.1) is 34.5 Å². The summed E-state index contributed by atoms with van der Waals surface area (Å²) in [4.78, 5) is 13.0. The third kappa shape index (κ3) is 3.10. The van der Waals surface area contributed by atoms with E-state index in [1.807, 2.05) is 12.1 Å². The average molecular weight is 457 g/mol. The first-order chi connectivity index (χ1) is 13.8. The minimum atomic E-state index is -0.111. The number of aliphatic hydroxyl groups excluding tert-OH is 1. The zero-order chi connectivity index (χ0) is 20.4. The van der Waals surface area contributed by atoms with E-state index in [-0.39, 0.29) is 16.9 Å². The highest BCUT2D eigenvalue weighted by Crippen LogP contribution is 2.66. The maximum atomic E-state index is 13.0. The molecule has 0 saturated heterocycles. The van der Waals surface area contributed by atoms with Crippen molar-refractivity contribution in [1.29, 1.82) is 0 Å². The van der Waals surface area contributed by atoms with E-state index in [1.165, 1.54) is 25.7 Å². The molecule has 3 heteroatoms. The van der Waals surface area contributed by atoms with Crippen molar-refractivity contribution < 1.29 is 9.90 Å². The van der Waals surface area contributed by atoms with Gasteiger partial charge in [-0.3, -0.25) is 4.79 Å². The van der Waals surface area contributed by atoms with E-state index in [1.54, 1.807) is 0 Å². The maximum Gasteiger partial charge on any atom is 0.159 e. The number of carbonyl (C=O) groups is 1. The monoisotopic (exact) mass is 456 g/mol. The van der Waals surface area contributed by atoms with Crippen LogP contribution < -0.4 is 0 Å². The van der Waals surface area contributed by atoms with Gasteiger partial charge in [0.05, 0.1) is 6.10 Å². The average Bonchev–Trinajstić information content (AvgIpc) is 3.00. The van der Waals surface area contributed by atoms with Gasteiger partial charge in [-0.25, -0.2) is 0 Å². The highest BCUT2D eigenvalue weighted by molar-refractivity contribution is 9.10. The number of hydrogen-bond donors (Lipinski definition) is 1. The Morgan fingerprint density at radius 1 is 1.00 bits per heavy atom. The quantitative estimate of drug-likeness (QED) is 0.495. The molecule has 0 unspecified atom stereocenters. The fourth-order valence-electron chi connectivity index (χ4n) is 7.87. The Labute approximate surface area is 183 Å². The molecule has 4 aliphatic carbocycles. The highest BCUT2D eigenvalue weighted by Gasteiger charge is 2.60. The van der Waals surface area contributed by atoms with E-state index < -0.39 is 0 Å². The molecule has 0 spiro atoms. The fraction of sp³-hybridized carbons (Fsp3) is 0.654. The second-order valence-electron chi connectivity index (χ2n) is 10.8. The van der Waals surface area contributed by atoms with E-state index in [2.05, 4.69) is 48.0 Å². The summed E-state index contributed by atoms with van der Waals surface area (Å²) in [6, 6.07) is 8.28. The molecule has 0 amide bonds. The van der Waals surface area contributed by atoms with Crippen LogP contribution in [0.4, 0.5) is 0 Å². The standard InChI is InChI=1S/C26H33BrO2/c1-25-12-11-22-20(21(25)9-10-24(25)29)8-5-18-14-23(28)17(15-26(18,22)2)13-16-3-6-19(27)7-4-16/h3-4,6-7,13,18,20-22,24,29H,5,8-12,14-15H2,1-2H3/b17-13-/t18-,20+,21+,22+,24-,25+,26+/m1/s1. The molecule has 7 atom stereocenters. The molecular weight excluding hydrogens is 424 g/mol. The predicted molar refractivity (Wildman–Crippen MR) is 120 cm³/mol. The zero-order valence-corrected chi connectivity index (χ0v) is 19.2. The van der Waals surface area contributed by atoms with Crippen molar-refractivity contribution in [3.8, 4) is 0 Å². The maximum absolute atomic E-state index is 13.0. The van der Waals surface area contributed by atoms with Gasteiger partial charge < -0.3 is 5.11 Å². The summed E-state index contributed by atoms with van der Waals surface area (Å²) in [5.41, 5.74) is 2.52. The van der Waals surface area contributed by atoms with Gasteiger partial charge in [0.25, 0.3) is 0 Å². The van der Waals surface area contributed by atoms with Crippen LogP contribution in [0.5, 0.6) is 0 Å². The Kier molecular flexibility index (Phi) is 4.86. The van der Waals surface area contributed by atoms with Crippen molar-refractivity contribution in [3.05, 3.63) is 39.9 Å². The zero-order valence-electron chi connectivity index (χ0n) is 17.7. The molecule has 4 fully saturated rings. The van der Waals surface area contributed by atoms with Crippen LogP contribution in [0.2, 0.25) is 0 Å². The summed E-state index contributed by atoms with van der Waals surface area (Å²) in [5, 5.41) is 10.7. The van der Waals surface area contributed by atoms with Crippen LogP contribution in [0.3, 0.4) is 0 Å². The number of carbonyl (C=O) groups excluding carboxylic acids is 1. The fourth-order valence-corrected chi connectivity index (χ4v) is 8.14. The molecule has 1 aromatic rings. The van der Waals surface area contributed by atoms with Gasteiger partial charge in [-0.1, -0.05) is 41.9 Å². The van der Waals surface area contributed by atoms with Gasteiger partial charge >= 0.3 is 0 Å². The van der Waals surface area contributed by atoms with Crippen molar-refractivity contribution in [2.75, 3.05) is 0 Å². The van der Waals surface area contributed by atoms with Gasteiger partial charge in [-0.2, -0.15) is 0 Å². The molecule has 0 heterocycles. The number of rotatable bonds is 1. The lowest BCUT2D eigenvalue weighted by Crippen LogP contribution is -2.54. The van der Waals surface area contributed by atoms with Crippen LogP contribution in [-0.2, 0) is 4.79 Å². The third-order valence-corrected chi connectivity index (χ3v) is 10.1. The second-order valence-corrected chi connectivity index (χ2v) is 11.7. The molecule has 1 aromatic carbocycles. The van der Waals surface area contributed by atoms with E-state index in [0.29, 0.717) is 23.5 Å². The highest BCUT2D eigenvalue weighted by atomic mass is 79.9. The summed E-state index contributed by atoms with van der Waals surface area (Å²) >= 11 is 3.50. The smallest absolute Gasteiger partial charge is 0.159 e. The molecule has 0 radical (unpaired) electrons. The first-order valence-electron chi connectivity index (χ1n) is 11.5. The molecule has 0 aliphatic heterocycles. The van der Waals surface area contributed by atoms with E-state index in [4.69, 9.17) is 0 Å². The Morgan fingerprint density at radius 2 is 1.72 bits per heavy atom. The first-order valence-corrected chi connectivity index (χ1v) is 12.3. The van der Waals surface area contributed by atoms with E-state index in [9.17, 15) is 9.90 Å². The second kappa shape index (κ2) is 7.05. The topological polar surface area (TPSA) is 37.3 Å². The summed E-state index contributed by atoms with van der Waals surface area (Å²) in [7, 11) is 0. The number of benzene rings is 1. The minimum absolute atomic E-state index is 0.111. The molecule has 4 aliphatic rings. The number of Topliss-reactive ketones (excluding diaryl/α,β-unsaturated/α-hetero) is 1. The third-order valence-electron chi connectivity index (χ3n) is 9.59. The number of ketones is 1. The largest absolute Gasteiger partial charge is 0.393 e. The van der Waals surface area contributed by atoms with Crippen molar-refractivity contribution in [1.82, 2.24) is 0 Å². The number of allylic oxidation sites excluding steroid dienone is 1. The van der Waals surface area contributed by atoms with E-state index >= 15 is 0 Å². The van der Waals surface area contributed by atoms with Gasteiger partial charge in [0.1, 0.15) is 0 Å². The lowest BCUT2D eigenvalue weighted by Gasteiger charge is -2.60. The molecular formula is C26H33BrO2. The molecule has 5 rings (SSSR count). The Balaban J connectivity index is 1.45. The molecule has 4 saturated carbocycles. The first kappa shape index (κ1) is 20.0. The summed E-state index contributed by atoms with van der Waals surface area (Å²) < 4.78 is 1.07. The van der Waals surface area contributed by atoms with Gasteiger partial charge in [0, 0.05) is 10.9 Å². The minimum Gasteiger partial charge on any atom is -0.393 e. The number of hydrogen-bond acceptors (Lipinski definition) is 2. The molecule has 2 nitrogen and oxygen atoms in total. The van der Waals surface area contributed by atoms with E-state index in [0.717, 1.165) is 47.2 Å². The molecule has 29 heavy (non-hydrogen) atoms. The van der Waals surface area contributed by atoms with Gasteiger partial charge in [0.2, 0.25) is 0 Å². The van der Waals surface area contributed by atoms with Crippen molar-refractivity contribution in [2.45, 2.75) is 71.3 Å². The molecule has 1 N–H and O–H groups in total. The number of halogens is 1. The summed E-state index contributed by atoms with van der Waals surface area (Å²) in [6.45, 7) is 4.84. The van der Waals surface area contributed by atoms with Crippen molar-refractivity contribution >= 4 is 27.8 Å². The van der Waals surface area contributed by atoms with Crippen LogP contribution in [0.1, 0.15) is 70.8 Å². The Hall–Kier alpha value is -0.930. The van der Waals surface area contributed by atoms with Crippen LogP contribution in [0.15, 0.2) is 34.3 Å². The van der Waals surface area contributed by atoms with Gasteiger partial charge in [0.15, 0.2) is 5.78 Å². The van der Waals surface area contributed by atoms with Crippen LogP contribution in [-0.4, -0.2) is 17.0 Å². The SMILES string of the molecule is C[C@]12C/C(=C/c3ccc(Br)cc3)C(=O)C[C@H]1CC[C@@H]1[C@@H]2CC[C@]2(C)[C@H](O)CC[C@@H]12. The Morgan fingerprint density at radius 3 is 2.48 bits per heavy atom. The van der Waals surface area contributed by atoms with Gasteiger partial charge in [-0.15, -0.1) is 0 Å².